The lowest BCUT2D eigenvalue weighted by Gasteiger charge is -2.09. The highest BCUT2D eigenvalue weighted by atomic mass is 32.2. The summed E-state index contributed by atoms with van der Waals surface area (Å²) in [6.07, 6.45) is 5.13. The SMILES string of the molecule is CC(C)c1[nH]nc2c(NCc3ccc(-c4cnccn4)cc3)nc(SCCN)nc12. The molecule has 0 radical (unpaired) electrons. The lowest BCUT2D eigenvalue weighted by molar-refractivity contribution is 0.814. The number of rotatable bonds is 8. The monoisotopic (exact) mass is 420 g/mol. The van der Waals surface area contributed by atoms with Crippen LogP contribution in [0.2, 0.25) is 0 Å². The van der Waals surface area contributed by atoms with E-state index in [0.29, 0.717) is 24.2 Å². The fourth-order valence-corrected chi connectivity index (χ4v) is 3.68. The van der Waals surface area contributed by atoms with Gasteiger partial charge >= 0.3 is 0 Å². The molecule has 8 nitrogen and oxygen atoms in total. The molecule has 0 aliphatic heterocycles. The molecule has 0 bridgehead atoms. The number of anilines is 1. The third-order valence-electron chi connectivity index (χ3n) is 4.61. The molecule has 0 spiro atoms. The number of hydrogen-bond donors (Lipinski definition) is 3. The molecule has 30 heavy (non-hydrogen) atoms. The minimum absolute atomic E-state index is 0.290. The highest BCUT2D eigenvalue weighted by Gasteiger charge is 2.17. The van der Waals surface area contributed by atoms with Crippen LogP contribution >= 0.6 is 11.8 Å². The predicted molar refractivity (Wildman–Crippen MR) is 120 cm³/mol. The van der Waals surface area contributed by atoms with Crippen LogP contribution in [-0.4, -0.2) is 42.4 Å². The van der Waals surface area contributed by atoms with E-state index in [2.05, 4.69) is 56.4 Å². The molecule has 3 aromatic heterocycles. The van der Waals surface area contributed by atoms with Crippen LogP contribution in [0.3, 0.4) is 0 Å². The van der Waals surface area contributed by atoms with Crippen molar-refractivity contribution in [2.45, 2.75) is 31.5 Å². The Morgan fingerprint density at radius 3 is 2.63 bits per heavy atom. The summed E-state index contributed by atoms with van der Waals surface area (Å²) in [6.45, 7) is 5.44. The van der Waals surface area contributed by atoms with Gasteiger partial charge in [0, 0.05) is 36.8 Å². The van der Waals surface area contributed by atoms with E-state index in [1.54, 1.807) is 30.4 Å². The van der Waals surface area contributed by atoms with E-state index in [9.17, 15) is 0 Å². The number of aromatic nitrogens is 6. The van der Waals surface area contributed by atoms with Crippen LogP contribution in [0.1, 0.15) is 31.0 Å². The van der Waals surface area contributed by atoms with E-state index >= 15 is 0 Å². The first-order valence-corrected chi connectivity index (χ1v) is 10.8. The van der Waals surface area contributed by atoms with E-state index in [1.165, 1.54) is 0 Å². The molecule has 154 valence electrons. The maximum atomic E-state index is 5.66. The largest absolute Gasteiger partial charge is 0.364 e. The molecule has 0 aliphatic rings. The van der Waals surface area contributed by atoms with Gasteiger partial charge in [0.15, 0.2) is 16.5 Å². The van der Waals surface area contributed by atoms with Gasteiger partial charge in [-0.2, -0.15) is 5.10 Å². The second-order valence-corrected chi connectivity index (χ2v) is 8.18. The molecule has 0 aliphatic carbocycles. The van der Waals surface area contributed by atoms with E-state index in [1.807, 2.05) is 12.1 Å². The molecule has 1 aromatic carbocycles. The first-order chi connectivity index (χ1) is 14.7. The second-order valence-electron chi connectivity index (χ2n) is 7.12. The summed E-state index contributed by atoms with van der Waals surface area (Å²) in [5.41, 5.74) is 11.3. The maximum Gasteiger partial charge on any atom is 0.190 e. The minimum Gasteiger partial charge on any atom is -0.364 e. The Kier molecular flexibility index (Phi) is 6.20. The number of nitrogens with one attached hydrogen (secondary N) is 2. The van der Waals surface area contributed by atoms with Gasteiger partial charge in [-0.15, -0.1) is 0 Å². The van der Waals surface area contributed by atoms with Crippen LogP contribution in [0, 0.1) is 0 Å². The van der Waals surface area contributed by atoms with Crippen LogP contribution in [0.25, 0.3) is 22.3 Å². The fourth-order valence-electron chi connectivity index (χ4n) is 3.06. The van der Waals surface area contributed by atoms with Gasteiger partial charge in [-0.3, -0.25) is 15.1 Å². The van der Waals surface area contributed by atoms with Crippen LogP contribution in [0.5, 0.6) is 0 Å². The molecule has 0 unspecified atom stereocenters. The molecule has 3 heterocycles. The van der Waals surface area contributed by atoms with Crippen molar-refractivity contribution in [2.24, 2.45) is 5.73 Å². The highest BCUT2D eigenvalue weighted by Crippen LogP contribution is 2.28. The summed E-state index contributed by atoms with van der Waals surface area (Å²) in [4.78, 5) is 17.8. The summed E-state index contributed by atoms with van der Waals surface area (Å²) in [5, 5.41) is 11.7. The van der Waals surface area contributed by atoms with Crippen molar-refractivity contribution in [2.75, 3.05) is 17.6 Å². The Bertz CT molecular complexity index is 1110. The van der Waals surface area contributed by atoms with Crippen molar-refractivity contribution in [1.82, 2.24) is 30.1 Å². The average molecular weight is 421 g/mol. The molecular formula is C21H24N8S. The zero-order valence-electron chi connectivity index (χ0n) is 17.0. The van der Waals surface area contributed by atoms with Gasteiger partial charge in [0.1, 0.15) is 5.52 Å². The number of nitrogens with two attached hydrogens (primary N) is 1. The molecule has 4 aromatic rings. The Morgan fingerprint density at radius 2 is 1.93 bits per heavy atom. The van der Waals surface area contributed by atoms with E-state index in [-0.39, 0.29) is 0 Å². The molecule has 4 rings (SSSR count). The topological polar surface area (TPSA) is 118 Å². The van der Waals surface area contributed by atoms with Gasteiger partial charge < -0.3 is 11.1 Å². The zero-order chi connectivity index (χ0) is 20.9. The first-order valence-electron chi connectivity index (χ1n) is 9.83. The van der Waals surface area contributed by atoms with E-state index in [4.69, 9.17) is 10.7 Å². The quantitative estimate of drug-likeness (QED) is 0.292. The van der Waals surface area contributed by atoms with Gasteiger partial charge in [-0.05, 0) is 11.5 Å². The highest BCUT2D eigenvalue weighted by molar-refractivity contribution is 7.99. The number of H-pyrrole nitrogens is 1. The number of hydrogen-bond acceptors (Lipinski definition) is 8. The summed E-state index contributed by atoms with van der Waals surface area (Å²) in [5.74, 6) is 1.78. The fraction of sp³-hybridized carbons (Fsp3) is 0.286. The van der Waals surface area contributed by atoms with Gasteiger partial charge in [-0.1, -0.05) is 49.9 Å². The Labute approximate surface area is 179 Å². The molecule has 0 saturated heterocycles. The lowest BCUT2D eigenvalue weighted by atomic mass is 10.1. The summed E-state index contributed by atoms with van der Waals surface area (Å²) in [7, 11) is 0. The lowest BCUT2D eigenvalue weighted by Crippen LogP contribution is -2.06. The standard InChI is InChI=1S/C21H24N8S/c1-13(2)17-18-19(29-28-17)20(27-21(26-18)30-10-7-22)25-11-14-3-5-15(6-4-14)16-12-23-8-9-24-16/h3-6,8-9,12-13H,7,10-11,22H2,1-2H3,(H,28,29)(H,25,26,27). The van der Waals surface area contributed by atoms with E-state index in [0.717, 1.165) is 45.1 Å². The predicted octanol–water partition coefficient (Wildman–Crippen LogP) is 3.60. The van der Waals surface area contributed by atoms with Gasteiger partial charge in [0.25, 0.3) is 0 Å². The second kappa shape index (κ2) is 9.19. The first kappa shape index (κ1) is 20.2. The van der Waals surface area contributed by atoms with Crippen LogP contribution in [0.4, 0.5) is 5.82 Å². The number of benzene rings is 1. The third kappa shape index (κ3) is 4.42. The van der Waals surface area contributed by atoms with Crippen molar-refractivity contribution >= 4 is 28.6 Å². The maximum absolute atomic E-state index is 5.66. The number of thioether (sulfide) groups is 1. The van der Waals surface area contributed by atoms with Crippen molar-refractivity contribution in [3.8, 4) is 11.3 Å². The Balaban J connectivity index is 1.57. The molecule has 0 amide bonds. The summed E-state index contributed by atoms with van der Waals surface area (Å²) >= 11 is 1.55. The Hall–Kier alpha value is -3.04. The van der Waals surface area contributed by atoms with Crippen LogP contribution < -0.4 is 11.1 Å². The third-order valence-corrected chi connectivity index (χ3v) is 5.49. The number of nitrogens with zero attached hydrogens (tertiary/aromatic N) is 5. The van der Waals surface area contributed by atoms with Gasteiger partial charge in [-0.25, -0.2) is 9.97 Å². The van der Waals surface area contributed by atoms with E-state index < -0.39 is 0 Å². The molecule has 0 saturated carbocycles. The van der Waals surface area contributed by atoms with Crippen molar-refractivity contribution in [1.29, 1.82) is 0 Å². The van der Waals surface area contributed by atoms with Crippen molar-refractivity contribution in [3.05, 3.63) is 54.1 Å². The van der Waals surface area contributed by atoms with Crippen LogP contribution in [-0.2, 0) is 6.54 Å². The molecule has 9 heteroatoms. The summed E-state index contributed by atoms with van der Waals surface area (Å²) in [6, 6.07) is 8.24. The molecule has 4 N–H and O–H groups in total. The number of fused-ring (bicyclic) bond motifs is 1. The smallest absolute Gasteiger partial charge is 0.190 e. The normalized spacial score (nSPS) is 11.3. The van der Waals surface area contributed by atoms with Crippen molar-refractivity contribution < 1.29 is 0 Å². The minimum atomic E-state index is 0.290. The zero-order valence-corrected chi connectivity index (χ0v) is 17.8. The van der Waals surface area contributed by atoms with Crippen molar-refractivity contribution in [3.63, 3.8) is 0 Å². The van der Waals surface area contributed by atoms with Gasteiger partial charge in [0.2, 0.25) is 0 Å². The number of aromatic amines is 1. The molecular weight excluding hydrogens is 396 g/mol. The van der Waals surface area contributed by atoms with Crippen LogP contribution in [0.15, 0.2) is 48.0 Å². The summed E-state index contributed by atoms with van der Waals surface area (Å²) < 4.78 is 0. The molecule has 0 atom stereocenters. The Morgan fingerprint density at radius 1 is 1.10 bits per heavy atom. The van der Waals surface area contributed by atoms with Gasteiger partial charge in [0.05, 0.1) is 17.6 Å². The molecule has 0 fully saturated rings. The average Bonchev–Trinajstić information content (AvgIpc) is 3.21.